The van der Waals surface area contributed by atoms with Crippen LogP contribution in [-0.4, -0.2) is 36.6 Å². The molecule has 0 aliphatic carbocycles. The highest BCUT2D eigenvalue weighted by Crippen LogP contribution is 2.08. The number of benzene rings is 1. The van der Waals surface area contributed by atoms with E-state index >= 15 is 0 Å². The van der Waals surface area contributed by atoms with Gasteiger partial charge in [0.25, 0.3) is 5.91 Å². The van der Waals surface area contributed by atoms with Crippen molar-refractivity contribution in [1.82, 2.24) is 10.4 Å². The van der Waals surface area contributed by atoms with Crippen LogP contribution in [0.15, 0.2) is 24.3 Å². The third-order valence-electron chi connectivity index (χ3n) is 2.54. The number of nitrogens with one attached hydrogen (secondary N) is 1. The lowest BCUT2D eigenvalue weighted by atomic mass is 10.1. The van der Waals surface area contributed by atoms with Crippen LogP contribution >= 0.6 is 0 Å². The highest BCUT2D eigenvalue weighted by Gasteiger charge is 2.16. The topological polar surface area (TPSA) is 58.6 Å². The first-order chi connectivity index (χ1) is 9.06. The Hall–Kier alpha value is -1.72. The van der Waals surface area contributed by atoms with E-state index < -0.39 is 0 Å². The van der Waals surface area contributed by atoms with Gasteiger partial charge in [-0.05, 0) is 32.4 Å². The van der Waals surface area contributed by atoms with Gasteiger partial charge < -0.3 is 4.74 Å². The smallest absolute Gasteiger partial charge is 0.275 e. The molecule has 0 spiro atoms. The van der Waals surface area contributed by atoms with Gasteiger partial charge in [0.2, 0.25) is 6.41 Å². The fourth-order valence-electron chi connectivity index (χ4n) is 1.56. The van der Waals surface area contributed by atoms with Crippen LogP contribution in [0.5, 0.6) is 0 Å². The summed E-state index contributed by atoms with van der Waals surface area (Å²) in [6.07, 6.45) is 0.600. The zero-order valence-corrected chi connectivity index (χ0v) is 11.6. The molecule has 2 amide bonds. The van der Waals surface area contributed by atoms with Crippen molar-refractivity contribution in [2.75, 3.05) is 13.2 Å². The normalized spacial score (nSPS) is 10.5. The molecule has 1 aromatic carbocycles. The molecule has 1 aromatic rings. The molecular formula is C14H20N2O3. The van der Waals surface area contributed by atoms with Crippen LogP contribution in [0.25, 0.3) is 0 Å². The molecule has 0 aliphatic heterocycles. The van der Waals surface area contributed by atoms with Crippen molar-refractivity contribution in [3.05, 3.63) is 35.4 Å². The van der Waals surface area contributed by atoms with Gasteiger partial charge in [0.1, 0.15) is 0 Å². The average molecular weight is 264 g/mol. The van der Waals surface area contributed by atoms with Crippen LogP contribution < -0.4 is 5.43 Å². The van der Waals surface area contributed by atoms with Gasteiger partial charge in [0, 0.05) is 12.1 Å². The van der Waals surface area contributed by atoms with Crippen molar-refractivity contribution in [3.63, 3.8) is 0 Å². The van der Waals surface area contributed by atoms with Crippen molar-refractivity contribution in [2.45, 2.75) is 26.9 Å². The van der Waals surface area contributed by atoms with Crippen molar-refractivity contribution in [1.29, 1.82) is 0 Å². The number of nitrogens with zero attached hydrogens (tertiary/aromatic N) is 1. The van der Waals surface area contributed by atoms with Gasteiger partial charge in [-0.1, -0.05) is 18.2 Å². The van der Waals surface area contributed by atoms with Gasteiger partial charge in [-0.3, -0.25) is 9.59 Å². The zero-order valence-electron chi connectivity index (χ0n) is 11.6. The van der Waals surface area contributed by atoms with Crippen molar-refractivity contribution >= 4 is 12.3 Å². The molecule has 0 bridgehead atoms. The molecule has 0 aliphatic rings. The van der Waals surface area contributed by atoms with Crippen LogP contribution in [-0.2, 0) is 9.53 Å². The van der Waals surface area contributed by atoms with Crippen LogP contribution in [0.4, 0.5) is 0 Å². The monoisotopic (exact) mass is 264 g/mol. The zero-order chi connectivity index (χ0) is 14.3. The number of aryl methyl sites for hydroxylation is 1. The number of carbonyl (C=O) groups is 2. The van der Waals surface area contributed by atoms with E-state index in [9.17, 15) is 9.59 Å². The molecule has 5 heteroatoms. The molecule has 19 heavy (non-hydrogen) atoms. The lowest BCUT2D eigenvalue weighted by Crippen LogP contribution is -2.43. The van der Waals surface area contributed by atoms with Gasteiger partial charge in [-0.15, -0.1) is 0 Å². The van der Waals surface area contributed by atoms with Gasteiger partial charge >= 0.3 is 0 Å². The van der Waals surface area contributed by atoms with Gasteiger partial charge in [-0.2, -0.15) is 0 Å². The summed E-state index contributed by atoms with van der Waals surface area (Å²) in [4.78, 5) is 23.1. The highest BCUT2D eigenvalue weighted by molar-refractivity contribution is 6.00. The van der Waals surface area contributed by atoms with Gasteiger partial charge in [0.15, 0.2) is 0 Å². The van der Waals surface area contributed by atoms with Crippen molar-refractivity contribution < 1.29 is 14.3 Å². The van der Waals surface area contributed by atoms with E-state index in [4.69, 9.17) is 4.74 Å². The maximum absolute atomic E-state index is 12.1. The SMILES string of the molecule is Cc1ccccc1C(=O)N(C=O)NCCOC(C)C. The minimum absolute atomic E-state index is 0.124. The minimum Gasteiger partial charge on any atom is -0.377 e. The number of ether oxygens (including phenoxy) is 1. The Balaban J connectivity index is 2.58. The average Bonchev–Trinajstić information content (AvgIpc) is 2.38. The molecule has 0 heterocycles. The molecule has 0 saturated carbocycles. The Kier molecular flexibility index (Phi) is 6.18. The number of imide groups is 1. The van der Waals surface area contributed by atoms with Gasteiger partial charge in [0.05, 0.1) is 12.7 Å². The third-order valence-corrected chi connectivity index (χ3v) is 2.54. The fraction of sp³-hybridized carbons (Fsp3) is 0.429. The molecule has 104 valence electrons. The Morgan fingerprint density at radius 1 is 1.42 bits per heavy atom. The Morgan fingerprint density at radius 2 is 2.11 bits per heavy atom. The standard InChI is InChI=1S/C14H20N2O3/c1-11(2)19-9-8-15-16(10-17)14(18)13-7-5-4-6-12(13)3/h4-7,10-11,15H,8-9H2,1-3H3. The van der Waals surface area contributed by atoms with E-state index in [1.807, 2.05) is 32.9 Å². The molecule has 0 fully saturated rings. The van der Waals surface area contributed by atoms with E-state index in [0.717, 1.165) is 10.6 Å². The molecule has 1 N–H and O–H groups in total. The summed E-state index contributed by atoms with van der Waals surface area (Å²) in [6, 6.07) is 7.14. The molecule has 0 saturated heterocycles. The van der Waals surface area contributed by atoms with E-state index in [0.29, 0.717) is 25.1 Å². The van der Waals surface area contributed by atoms with Crippen LogP contribution in [0, 0.1) is 6.92 Å². The predicted octanol–water partition coefficient (Wildman–Crippen LogP) is 1.52. The number of rotatable bonds is 7. The van der Waals surface area contributed by atoms with Crippen LogP contribution in [0.3, 0.4) is 0 Å². The summed E-state index contributed by atoms with van der Waals surface area (Å²) in [5.41, 5.74) is 4.08. The minimum atomic E-state index is -0.363. The number of hydrogen-bond acceptors (Lipinski definition) is 4. The predicted molar refractivity (Wildman–Crippen MR) is 72.5 cm³/mol. The molecule has 0 aromatic heterocycles. The second kappa shape index (κ2) is 7.66. The first kappa shape index (κ1) is 15.3. The summed E-state index contributed by atoms with van der Waals surface area (Å²) in [7, 11) is 0. The Labute approximate surface area is 113 Å². The highest BCUT2D eigenvalue weighted by atomic mass is 16.5. The molecule has 0 unspecified atom stereocenters. The molecule has 0 radical (unpaired) electrons. The first-order valence-electron chi connectivity index (χ1n) is 6.26. The first-order valence-corrected chi connectivity index (χ1v) is 6.26. The second-order valence-electron chi connectivity index (χ2n) is 4.42. The number of carbonyl (C=O) groups excluding carboxylic acids is 2. The molecule has 1 rings (SSSR count). The maximum atomic E-state index is 12.1. The Bertz CT molecular complexity index is 432. The summed E-state index contributed by atoms with van der Waals surface area (Å²) >= 11 is 0. The number of amides is 2. The lowest BCUT2D eigenvalue weighted by molar-refractivity contribution is -0.118. The van der Waals surface area contributed by atoms with E-state index in [1.165, 1.54) is 0 Å². The summed E-state index contributed by atoms with van der Waals surface area (Å²) in [5, 5.41) is 0.950. The molecule has 0 atom stereocenters. The van der Waals surface area contributed by atoms with Gasteiger partial charge in [-0.25, -0.2) is 10.4 Å². The van der Waals surface area contributed by atoms with Crippen LogP contribution in [0.2, 0.25) is 0 Å². The summed E-state index contributed by atoms with van der Waals surface area (Å²) in [5.74, 6) is -0.363. The van der Waals surface area contributed by atoms with E-state index in [1.54, 1.807) is 12.1 Å². The maximum Gasteiger partial charge on any atom is 0.275 e. The quantitative estimate of drug-likeness (QED) is 0.461. The number of hydrazine groups is 1. The summed E-state index contributed by atoms with van der Waals surface area (Å²) < 4.78 is 5.33. The van der Waals surface area contributed by atoms with Crippen molar-refractivity contribution in [2.24, 2.45) is 0 Å². The largest absolute Gasteiger partial charge is 0.377 e. The van der Waals surface area contributed by atoms with E-state index in [2.05, 4.69) is 5.43 Å². The lowest BCUT2D eigenvalue weighted by Gasteiger charge is -2.18. The molecular weight excluding hydrogens is 244 g/mol. The third kappa shape index (κ3) is 4.81. The van der Waals surface area contributed by atoms with Crippen molar-refractivity contribution in [3.8, 4) is 0 Å². The fourth-order valence-corrected chi connectivity index (χ4v) is 1.56. The Morgan fingerprint density at radius 3 is 2.68 bits per heavy atom. The van der Waals surface area contributed by atoms with Crippen LogP contribution in [0.1, 0.15) is 29.8 Å². The summed E-state index contributed by atoms with van der Waals surface area (Å²) in [6.45, 7) is 6.52. The van der Waals surface area contributed by atoms with E-state index in [-0.39, 0.29) is 12.0 Å². The molecule has 5 nitrogen and oxygen atoms in total. The second-order valence-corrected chi connectivity index (χ2v) is 4.42. The number of hydrogen-bond donors (Lipinski definition) is 1.